The average molecular weight is 572 g/mol. The summed E-state index contributed by atoms with van der Waals surface area (Å²) in [4.78, 5) is 52.7. The lowest BCUT2D eigenvalue weighted by Crippen LogP contribution is -2.49. The quantitative estimate of drug-likeness (QED) is 0.416. The zero-order chi connectivity index (χ0) is 29.0. The first-order chi connectivity index (χ1) is 18.9. The SMILES string of the molecule is CC1CCC(C(=O)N(c2cc(C#CC(C)(C)C)sc2C(=O)O)C2CCC(NC(=O)O[C@H]3CNC(=O)C3)CC2)CC1. The van der Waals surface area contributed by atoms with Gasteiger partial charge < -0.3 is 25.4 Å². The van der Waals surface area contributed by atoms with Crippen molar-refractivity contribution in [1.82, 2.24) is 10.6 Å². The van der Waals surface area contributed by atoms with Crippen LogP contribution in [0.4, 0.5) is 10.5 Å². The fraction of sp³-hybridized carbons (Fsp3) is 0.667. The van der Waals surface area contributed by atoms with E-state index in [1.54, 1.807) is 11.0 Å². The van der Waals surface area contributed by atoms with Crippen molar-refractivity contribution in [1.29, 1.82) is 0 Å². The number of nitrogens with zero attached hydrogens (tertiary/aromatic N) is 1. The standard InChI is InChI=1S/C30H41N3O6S/c1-18-5-7-19(8-6-18)27(35)33(24-16-23(13-14-30(2,3)4)40-26(24)28(36)37)21-11-9-20(10-12-21)32-29(38)39-22-15-25(34)31-17-22/h16,18-22H,5-12,15,17H2,1-4H3,(H,31,34)(H,32,38)(H,36,37)/t18?,19?,20?,21?,22-/m1/s1. The summed E-state index contributed by atoms with van der Waals surface area (Å²) in [6.45, 7) is 8.53. The Labute approximate surface area is 240 Å². The van der Waals surface area contributed by atoms with E-state index in [2.05, 4.69) is 29.4 Å². The maximum absolute atomic E-state index is 14.1. The molecule has 0 aromatic carbocycles. The van der Waals surface area contributed by atoms with Gasteiger partial charge in [-0.15, -0.1) is 11.3 Å². The molecule has 2 aliphatic carbocycles. The Bertz CT molecular complexity index is 1180. The number of aromatic carboxylic acids is 1. The molecule has 1 aliphatic heterocycles. The second-order valence-corrected chi connectivity index (χ2v) is 13.5. The van der Waals surface area contributed by atoms with Gasteiger partial charge in [-0.25, -0.2) is 9.59 Å². The van der Waals surface area contributed by atoms with Gasteiger partial charge in [-0.2, -0.15) is 0 Å². The predicted molar refractivity (Wildman–Crippen MR) is 153 cm³/mol. The lowest BCUT2D eigenvalue weighted by Gasteiger charge is -2.39. The van der Waals surface area contributed by atoms with Gasteiger partial charge in [0.25, 0.3) is 0 Å². The number of nitrogens with one attached hydrogen (secondary N) is 2. The van der Waals surface area contributed by atoms with Gasteiger partial charge in [0.1, 0.15) is 11.0 Å². The van der Waals surface area contributed by atoms with Crippen LogP contribution >= 0.6 is 11.3 Å². The maximum atomic E-state index is 14.1. The molecule has 3 aliphatic rings. The second-order valence-electron chi connectivity index (χ2n) is 12.5. The van der Waals surface area contributed by atoms with E-state index in [1.807, 2.05) is 20.8 Å². The first kappa shape index (κ1) is 29.9. The summed E-state index contributed by atoms with van der Waals surface area (Å²) in [6.07, 6.45) is 5.29. The lowest BCUT2D eigenvalue weighted by atomic mass is 9.81. The summed E-state index contributed by atoms with van der Waals surface area (Å²) in [6, 6.07) is 1.49. The van der Waals surface area contributed by atoms with Crippen molar-refractivity contribution >= 4 is 40.9 Å². The molecule has 3 fully saturated rings. The van der Waals surface area contributed by atoms with Crippen LogP contribution in [-0.4, -0.2) is 53.7 Å². The van der Waals surface area contributed by atoms with Crippen molar-refractivity contribution < 1.29 is 29.0 Å². The predicted octanol–water partition coefficient (Wildman–Crippen LogP) is 4.93. The van der Waals surface area contributed by atoms with E-state index in [0.717, 1.165) is 37.0 Å². The molecular formula is C30H41N3O6S. The molecule has 1 aromatic rings. The Morgan fingerprint density at radius 1 is 1.10 bits per heavy atom. The molecule has 40 heavy (non-hydrogen) atoms. The summed E-state index contributed by atoms with van der Waals surface area (Å²) in [5.74, 6) is 5.57. The molecular weight excluding hydrogens is 530 g/mol. The van der Waals surface area contributed by atoms with E-state index in [1.165, 1.54) is 0 Å². The van der Waals surface area contributed by atoms with Crippen molar-refractivity contribution in [3.63, 3.8) is 0 Å². The van der Waals surface area contributed by atoms with Crippen LogP contribution in [0, 0.1) is 29.1 Å². The summed E-state index contributed by atoms with van der Waals surface area (Å²) in [5.41, 5.74) is 0.201. The van der Waals surface area contributed by atoms with Gasteiger partial charge >= 0.3 is 12.1 Å². The van der Waals surface area contributed by atoms with Gasteiger partial charge in [-0.05, 0) is 84.1 Å². The van der Waals surface area contributed by atoms with Gasteiger partial charge in [-0.3, -0.25) is 9.59 Å². The molecule has 1 aromatic heterocycles. The number of carboxylic acids is 1. The molecule has 3 N–H and O–H groups in total. The molecule has 2 heterocycles. The Balaban J connectivity index is 1.52. The molecule has 0 spiro atoms. The molecule has 1 atom stereocenters. The van der Waals surface area contributed by atoms with Crippen molar-refractivity contribution in [2.45, 2.75) is 104 Å². The van der Waals surface area contributed by atoms with Gasteiger partial charge in [0.05, 0.1) is 23.5 Å². The Morgan fingerprint density at radius 3 is 2.35 bits per heavy atom. The average Bonchev–Trinajstić information content (AvgIpc) is 3.50. The van der Waals surface area contributed by atoms with Gasteiger partial charge in [0.2, 0.25) is 11.8 Å². The Kier molecular flexibility index (Phi) is 9.44. The molecule has 0 bridgehead atoms. The van der Waals surface area contributed by atoms with E-state index >= 15 is 0 Å². The molecule has 2 saturated carbocycles. The molecule has 0 radical (unpaired) electrons. The zero-order valence-electron chi connectivity index (χ0n) is 23.9. The van der Waals surface area contributed by atoms with E-state index < -0.39 is 18.2 Å². The third kappa shape index (κ3) is 7.78. The van der Waals surface area contributed by atoms with E-state index in [4.69, 9.17) is 4.74 Å². The maximum Gasteiger partial charge on any atom is 0.407 e. The molecule has 3 amide bonds. The van der Waals surface area contributed by atoms with Crippen molar-refractivity contribution in [2.24, 2.45) is 17.3 Å². The van der Waals surface area contributed by atoms with Crippen LogP contribution in [0.2, 0.25) is 0 Å². The molecule has 9 nitrogen and oxygen atoms in total. The minimum atomic E-state index is -1.06. The number of rotatable bonds is 6. The van der Waals surface area contributed by atoms with Crippen LogP contribution in [0.1, 0.15) is 100 Å². The number of alkyl carbamates (subject to hydrolysis) is 1. The van der Waals surface area contributed by atoms with E-state index in [-0.39, 0.29) is 46.5 Å². The van der Waals surface area contributed by atoms with Gasteiger partial charge in [-0.1, -0.05) is 18.8 Å². The van der Waals surface area contributed by atoms with Crippen molar-refractivity contribution in [2.75, 3.05) is 11.4 Å². The highest BCUT2D eigenvalue weighted by Gasteiger charge is 2.38. The number of hydrogen-bond acceptors (Lipinski definition) is 6. The zero-order valence-corrected chi connectivity index (χ0v) is 24.7. The van der Waals surface area contributed by atoms with Crippen LogP contribution < -0.4 is 15.5 Å². The van der Waals surface area contributed by atoms with Crippen LogP contribution in [0.3, 0.4) is 0 Å². The minimum absolute atomic E-state index is 0.00301. The fourth-order valence-corrected chi connectivity index (χ4v) is 6.56. The fourth-order valence-electron chi connectivity index (χ4n) is 5.72. The highest BCUT2D eigenvalue weighted by Crippen LogP contribution is 2.39. The van der Waals surface area contributed by atoms with Crippen LogP contribution in [0.25, 0.3) is 0 Å². The van der Waals surface area contributed by atoms with E-state index in [0.29, 0.717) is 48.7 Å². The third-order valence-electron chi connectivity index (χ3n) is 7.93. The highest BCUT2D eigenvalue weighted by atomic mass is 32.1. The second kappa shape index (κ2) is 12.6. The Morgan fingerprint density at radius 2 is 1.77 bits per heavy atom. The number of hydrogen-bond donors (Lipinski definition) is 3. The van der Waals surface area contributed by atoms with Gasteiger partial charge in [0.15, 0.2) is 0 Å². The molecule has 0 unspecified atom stereocenters. The lowest BCUT2D eigenvalue weighted by molar-refractivity contribution is -0.124. The minimum Gasteiger partial charge on any atom is -0.477 e. The van der Waals surface area contributed by atoms with Crippen LogP contribution in [0.15, 0.2) is 6.07 Å². The number of thiophene rings is 1. The summed E-state index contributed by atoms with van der Waals surface area (Å²) < 4.78 is 5.37. The number of carboxylic acid groups (broad SMARTS) is 1. The summed E-state index contributed by atoms with van der Waals surface area (Å²) in [7, 11) is 0. The number of ether oxygens (including phenoxy) is 1. The first-order valence-electron chi connectivity index (χ1n) is 14.4. The van der Waals surface area contributed by atoms with E-state index in [9.17, 15) is 24.3 Å². The van der Waals surface area contributed by atoms with Crippen LogP contribution in [0.5, 0.6) is 0 Å². The monoisotopic (exact) mass is 571 g/mol. The molecule has 10 heteroatoms. The third-order valence-corrected chi connectivity index (χ3v) is 8.95. The highest BCUT2D eigenvalue weighted by molar-refractivity contribution is 7.15. The molecule has 218 valence electrons. The number of amides is 3. The summed E-state index contributed by atoms with van der Waals surface area (Å²) >= 11 is 1.12. The largest absolute Gasteiger partial charge is 0.477 e. The molecule has 1 saturated heterocycles. The first-order valence-corrected chi connectivity index (χ1v) is 15.2. The smallest absolute Gasteiger partial charge is 0.407 e. The van der Waals surface area contributed by atoms with Crippen LogP contribution in [-0.2, 0) is 14.3 Å². The molecule has 4 rings (SSSR count). The number of carbonyl (C=O) groups is 4. The van der Waals surface area contributed by atoms with Crippen molar-refractivity contribution in [3.05, 3.63) is 15.8 Å². The Hall–Kier alpha value is -3.06. The topological polar surface area (TPSA) is 125 Å². The van der Waals surface area contributed by atoms with Crippen molar-refractivity contribution in [3.8, 4) is 11.8 Å². The number of carbonyl (C=O) groups excluding carboxylic acids is 3. The van der Waals surface area contributed by atoms with Gasteiger partial charge in [0, 0.05) is 23.4 Å². The number of anilines is 1. The summed E-state index contributed by atoms with van der Waals surface area (Å²) in [5, 5.41) is 15.7. The normalized spacial score (nSPS) is 26.7.